The Morgan fingerprint density at radius 1 is 1.39 bits per heavy atom. The van der Waals surface area contributed by atoms with E-state index >= 15 is 0 Å². The lowest BCUT2D eigenvalue weighted by Gasteiger charge is -2.23. The molecule has 2 aromatic rings. The summed E-state index contributed by atoms with van der Waals surface area (Å²) in [6.07, 6.45) is 0. The standard InChI is InChI=1S/C17H28N4OS/c1-12(2)16-13(17(22-6)21(5)19-16)10-18-11-14(20(3)4)15-8-7-9-23-15/h7-9,12,14,18H,10-11H2,1-6H3/t14-/m1/s1. The number of likely N-dealkylation sites (N-methyl/N-ethyl adjacent to an activating group) is 1. The van der Waals surface area contributed by atoms with Crippen molar-refractivity contribution >= 4 is 11.3 Å². The lowest BCUT2D eigenvalue weighted by atomic mass is 10.1. The van der Waals surface area contributed by atoms with Gasteiger partial charge in [0.15, 0.2) is 0 Å². The van der Waals surface area contributed by atoms with Crippen LogP contribution in [0.4, 0.5) is 0 Å². The monoisotopic (exact) mass is 336 g/mol. The highest BCUT2D eigenvalue weighted by Gasteiger charge is 2.20. The van der Waals surface area contributed by atoms with Crippen molar-refractivity contribution in [1.29, 1.82) is 0 Å². The molecule has 1 N–H and O–H groups in total. The number of hydrogen-bond acceptors (Lipinski definition) is 5. The molecule has 0 spiro atoms. The Morgan fingerprint density at radius 3 is 2.65 bits per heavy atom. The molecule has 5 nitrogen and oxygen atoms in total. The molecule has 2 rings (SSSR count). The van der Waals surface area contributed by atoms with Crippen LogP contribution in [-0.4, -0.2) is 42.4 Å². The molecular weight excluding hydrogens is 308 g/mol. The van der Waals surface area contributed by atoms with Gasteiger partial charge in [0.2, 0.25) is 5.88 Å². The summed E-state index contributed by atoms with van der Waals surface area (Å²) in [4.78, 5) is 3.63. The number of aryl methyl sites for hydroxylation is 1. The maximum absolute atomic E-state index is 5.54. The van der Waals surface area contributed by atoms with E-state index in [-0.39, 0.29) is 0 Å². The van der Waals surface area contributed by atoms with E-state index in [1.54, 1.807) is 18.4 Å². The Kier molecular flexibility index (Phi) is 6.21. The molecule has 0 saturated heterocycles. The molecule has 0 saturated carbocycles. The molecule has 23 heavy (non-hydrogen) atoms. The number of nitrogens with one attached hydrogen (secondary N) is 1. The number of ether oxygens (including phenoxy) is 1. The smallest absolute Gasteiger partial charge is 0.216 e. The van der Waals surface area contributed by atoms with Crippen LogP contribution in [0.2, 0.25) is 0 Å². The van der Waals surface area contributed by atoms with Crippen LogP contribution in [0, 0.1) is 0 Å². The highest BCUT2D eigenvalue weighted by Crippen LogP contribution is 2.27. The molecule has 1 atom stereocenters. The number of methoxy groups -OCH3 is 1. The second-order valence-electron chi connectivity index (χ2n) is 6.28. The molecule has 0 bridgehead atoms. The molecule has 0 unspecified atom stereocenters. The Hall–Kier alpha value is -1.37. The van der Waals surface area contributed by atoms with E-state index in [9.17, 15) is 0 Å². The van der Waals surface area contributed by atoms with Crippen molar-refractivity contribution in [2.45, 2.75) is 32.4 Å². The van der Waals surface area contributed by atoms with Crippen LogP contribution in [0.25, 0.3) is 0 Å². The fourth-order valence-corrected chi connectivity index (χ4v) is 3.73. The van der Waals surface area contributed by atoms with Crippen molar-refractivity contribution in [2.75, 3.05) is 27.7 Å². The van der Waals surface area contributed by atoms with Crippen LogP contribution in [0.15, 0.2) is 17.5 Å². The molecule has 6 heteroatoms. The topological polar surface area (TPSA) is 42.3 Å². The highest BCUT2D eigenvalue weighted by molar-refractivity contribution is 7.10. The maximum Gasteiger partial charge on any atom is 0.216 e. The van der Waals surface area contributed by atoms with Crippen molar-refractivity contribution in [1.82, 2.24) is 20.0 Å². The van der Waals surface area contributed by atoms with Gasteiger partial charge in [-0.15, -0.1) is 11.3 Å². The summed E-state index contributed by atoms with van der Waals surface area (Å²) >= 11 is 1.80. The van der Waals surface area contributed by atoms with Gasteiger partial charge in [-0.05, 0) is 31.5 Å². The van der Waals surface area contributed by atoms with E-state index in [1.165, 1.54) is 4.88 Å². The predicted molar refractivity (Wildman–Crippen MR) is 96.3 cm³/mol. The number of hydrogen-bond donors (Lipinski definition) is 1. The summed E-state index contributed by atoms with van der Waals surface area (Å²) in [5.41, 5.74) is 2.27. The minimum Gasteiger partial charge on any atom is -0.481 e. The quantitative estimate of drug-likeness (QED) is 0.805. The average molecular weight is 337 g/mol. The van der Waals surface area contributed by atoms with Crippen LogP contribution < -0.4 is 10.1 Å². The summed E-state index contributed by atoms with van der Waals surface area (Å²) in [6, 6.07) is 4.68. The Balaban J connectivity index is 2.08. The molecule has 0 aromatic carbocycles. The van der Waals surface area contributed by atoms with E-state index < -0.39 is 0 Å². The third-order valence-electron chi connectivity index (χ3n) is 3.99. The summed E-state index contributed by atoms with van der Waals surface area (Å²) < 4.78 is 7.36. The molecule has 0 radical (unpaired) electrons. The molecule has 2 aromatic heterocycles. The van der Waals surface area contributed by atoms with Gasteiger partial charge >= 0.3 is 0 Å². The second kappa shape index (κ2) is 7.95. The van der Waals surface area contributed by atoms with Gasteiger partial charge < -0.3 is 15.0 Å². The van der Waals surface area contributed by atoms with Gasteiger partial charge in [0.1, 0.15) is 0 Å². The van der Waals surface area contributed by atoms with Gasteiger partial charge in [0.05, 0.1) is 24.4 Å². The fraction of sp³-hybridized carbons (Fsp3) is 0.588. The molecular formula is C17H28N4OS. The summed E-state index contributed by atoms with van der Waals surface area (Å²) in [5.74, 6) is 1.22. The SMILES string of the molecule is COc1c(CNC[C@H](c2cccs2)N(C)C)c(C(C)C)nn1C. The van der Waals surface area contributed by atoms with E-state index in [0.717, 1.165) is 30.2 Å². The second-order valence-corrected chi connectivity index (χ2v) is 7.26. The molecule has 128 valence electrons. The number of nitrogens with zero attached hydrogens (tertiary/aromatic N) is 3. The van der Waals surface area contributed by atoms with Gasteiger partial charge in [-0.25, -0.2) is 4.68 Å². The zero-order valence-corrected chi connectivity index (χ0v) is 15.8. The normalized spacial score (nSPS) is 13.0. The van der Waals surface area contributed by atoms with Gasteiger partial charge in [-0.1, -0.05) is 19.9 Å². The fourth-order valence-electron chi connectivity index (χ4n) is 2.81. The molecule has 2 heterocycles. The van der Waals surface area contributed by atoms with Crippen LogP contribution >= 0.6 is 11.3 Å². The third-order valence-corrected chi connectivity index (χ3v) is 4.97. The van der Waals surface area contributed by atoms with Crippen LogP contribution in [0.3, 0.4) is 0 Å². The van der Waals surface area contributed by atoms with Crippen LogP contribution in [0.1, 0.15) is 41.9 Å². The minimum atomic E-state index is 0.375. The maximum atomic E-state index is 5.54. The molecule has 0 amide bonds. The molecule has 0 aliphatic heterocycles. The Bertz CT molecular complexity index is 604. The van der Waals surface area contributed by atoms with Crippen molar-refractivity contribution in [2.24, 2.45) is 7.05 Å². The zero-order chi connectivity index (χ0) is 17.0. The number of rotatable bonds is 8. The van der Waals surface area contributed by atoms with Gasteiger partial charge in [-0.3, -0.25) is 0 Å². The van der Waals surface area contributed by atoms with Crippen molar-refractivity contribution in [3.63, 3.8) is 0 Å². The van der Waals surface area contributed by atoms with E-state index in [0.29, 0.717) is 12.0 Å². The van der Waals surface area contributed by atoms with E-state index in [1.807, 2.05) is 11.7 Å². The first-order valence-corrected chi connectivity index (χ1v) is 8.84. The molecule has 0 aliphatic carbocycles. The van der Waals surface area contributed by atoms with Crippen LogP contribution in [0.5, 0.6) is 5.88 Å². The largest absolute Gasteiger partial charge is 0.481 e. The summed E-state index contributed by atoms with van der Waals surface area (Å²) in [6.45, 7) is 5.99. The minimum absolute atomic E-state index is 0.375. The Morgan fingerprint density at radius 2 is 2.13 bits per heavy atom. The molecule has 0 fully saturated rings. The van der Waals surface area contributed by atoms with E-state index in [4.69, 9.17) is 4.74 Å². The first-order valence-electron chi connectivity index (χ1n) is 7.96. The summed E-state index contributed by atoms with van der Waals surface area (Å²) in [5, 5.41) is 10.3. The van der Waals surface area contributed by atoms with Gasteiger partial charge in [-0.2, -0.15) is 5.10 Å². The van der Waals surface area contributed by atoms with Crippen molar-refractivity contribution < 1.29 is 4.74 Å². The molecule has 0 aliphatic rings. The van der Waals surface area contributed by atoms with Crippen molar-refractivity contribution in [3.05, 3.63) is 33.6 Å². The zero-order valence-electron chi connectivity index (χ0n) is 15.0. The number of aromatic nitrogens is 2. The first-order chi connectivity index (χ1) is 11.0. The average Bonchev–Trinajstić information content (AvgIpc) is 3.11. The third kappa shape index (κ3) is 4.13. The van der Waals surface area contributed by atoms with Gasteiger partial charge in [0.25, 0.3) is 0 Å². The predicted octanol–water partition coefficient (Wildman–Crippen LogP) is 3.01. The lowest BCUT2D eigenvalue weighted by molar-refractivity contribution is 0.291. The number of thiophene rings is 1. The first kappa shape index (κ1) is 18.0. The van der Waals surface area contributed by atoms with Gasteiger partial charge in [0, 0.05) is 25.0 Å². The van der Waals surface area contributed by atoms with Crippen molar-refractivity contribution in [3.8, 4) is 5.88 Å². The highest BCUT2D eigenvalue weighted by atomic mass is 32.1. The van der Waals surface area contributed by atoms with Crippen LogP contribution in [-0.2, 0) is 13.6 Å². The lowest BCUT2D eigenvalue weighted by Crippen LogP contribution is -2.30. The van der Waals surface area contributed by atoms with E-state index in [2.05, 4.69) is 60.8 Å². The summed E-state index contributed by atoms with van der Waals surface area (Å²) in [7, 11) is 7.88. The Labute approximate surface area is 143 Å².